The monoisotopic (exact) mass is 300 g/mol. The molecule has 0 saturated heterocycles. The Morgan fingerprint density at radius 1 is 1.32 bits per heavy atom. The molecular weight excluding hydrogens is 276 g/mol. The van der Waals surface area contributed by atoms with Crippen LogP contribution in [0.2, 0.25) is 0 Å². The van der Waals surface area contributed by atoms with Gasteiger partial charge in [-0.25, -0.2) is 0 Å². The lowest BCUT2D eigenvalue weighted by molar-refractivity contribution is 0.311. The van der Waals surface area contributed by atoms with E-state index in [-0.39, 0.29) is 0 Å². The first kappa shape index (κ1) is 15.1. The first-order valence-corrected chi connectivity index (χ1v) is 7.85. The molecular formula is C16H24N6. The summed E-state index contributed by atoms with van der Waals surface area (Å²) in [4.78, 5) is 6.62. The number of hydrogen-bond donors (Lipinski definition) is 1. The molecule has 3 rings (SSSR count). The van der Waals surface area contributed by atoms with Gasteiger partial charge in [0.05, 0.1) is 6.54 Å². The third kappa shape index (κ3) is 3.34. The molecule has 1 aliphatic carbocycles. The summed E-state index contributed by atoms with van der Waals surface area (Å²) in [5.41, 5.74) is 6.99. The van der Waals surface area contributed by atoms with E-state index in [0.29, 0.717) is 12.0 Å². The second-order valence-corrected chi connectivity index (χ2v) is 6.27. The van der Waals surface area contributed by atoms with Gasteiger partial charge >= 0.3 is 0 Å². The fourth-order valence-electron chi connectivity index (χ4n) is 2.91. The smallest absolute Gasteiger partial charge is 0.146 e. The third-order valence-corrected chi connectivity index (χ3v) is 4.43. The summed E-state index contributed by atoms with van der Waals surface area (Å²) >= 11 is 0. The minimum absolute atomic E-state index is 0.339. The number of hydrogen-bond acceptors (Lipinski definition) is 5. The van der Waals surface area contributed by atoms with Gasteiger partial charge in [-0.1, -0.05) is 6.07 Å². The van der Waals surface area contributed by atoms with Crippen molar-refractivity contribution in [1.82, 2.24) is 24.6 Å². The molecule has 118 valence electrons. The minimum atomic E-state index is 0.339. The summed E-state index contributed by atoms with van der Waals surface area (Å²) in [6.07, 6.45) is 4.84. The van der Waals surface area contributed by atoms with Crippen molar-refractivity contribution >= 4 is 0 Å². The van der Waals surface area contributed by atoms with Crippen molar-refractivity contribution in [2.45, 2.75) is 37.8 Å². The topological polar surface area (TPSA) is 72.9 Å². The molecule has 0 bridgehead atoms. The SMILES string of the molecule is CN(CCc1ccccn1)Cc1nnc(C2CC(N)C2)n1C. The van der Waals surface area contributed by atoms with Gasteiger partial charge in [-0.05, 0) is 32.0 Å². The van der Waals surface area contributed by atoms with Crippen LogP contribution in [-0.4, -0.2) is 44.3 Å². The summed E-state index contributed by atoms with van der Waals surface area (Å²) in [7, 11) is 4.16. The summed E-state index contributed by atoms with van der Waals surface area (Å²) < 4.78 is 2.13. The molecule has 2 N–H and O–H groups in total. The number of aromatic nitrogens is 4. The van der Waals surface area contributed by atoms with Crippen LogP contribution in [0.4, 0.5) is 0 Å². The van der Waals surface area contributed by atoms with Crippen LogP contribution < -0.4 is 5.73 Å². The first-order chi connectivity index (χ1) is 10.6. The van der Waals surface area contributed by atoms with Crippen molar-refractivity contribution in [3.05, 3.63) is 41.7 Å². The summed E-state index contributed by atoms with van der Waals surface area (Å²) in [6, 6.07) is 6.38. The molecule has 0 atom stereocenters. The number of nitrogens with two attached hydrogens (primary N) is 1. The number of pyridine rings is 1. The van der Waals surface area contributed by atoms with Gasteiger partial charge in [-0.3, -0.25) is 9.88 Å². The molecule has 6 nitrogen and oxygen atoms in total. The van der Waals surface area contributed by atoms with E-state index in [1.807, 2.05) is 18.3 Å². The molecule has 0 unspecified atom stereocenters. The highest BCUT2D eigenvalue weighted by Gasteiger charge is 2.31. The number of likely N-dealkylation sites (N-methyl/N-ethyl adjacent to an activating group) is 1. The Morgan fingerprint density at radius 2 is 2.14 bits per heavy atom. The fraction of sp³-hybridized carbons (Fsp3) is 0.562. The lowest BCUT2D eigenvalue weighted by Gasteiger charge is -2.31. The van der Waals surface area contributed by atoms with E-state index >= 15 is 0 Å². The maximum absolute atomic E-state index is 5.87. The van der Waals surface area contributed by atoms with Crippen molar-refractivity contribution in [3.63, 3.8) is 0 Å². The highest BCUT2D eigenvalue weighted by molar-refractivity contribution is 5.08. The molecule has 2 heterocycles. The van der Waals surface area contributed by atoms with E-state index in [2.05, 4.69) is 44.8 Å². The zero-order valence-electron chi connectivity index (χ0n) is 13.3. The Hall–Kier alpha value is -1.79. The van der Waals surface area contributed by atoms with Crippen LogP contribution in [0.15, 0.2) is 24.4 Å². The van der Waals surface area contributed by atoms with Crippen LogP contribution in [0.5, 0.6) is 0 Å². The van der Waals surface area contributed by atoms with E-state index in [4.69, 9.17) is 5.73 Å². The van der Waals surface area contributed by atoms with E-state index in [9.17, 15) is 0 Å². The van der Waals surface area contributed by atoms with Gasteiger partial charge in [0.15, 0.2) is 0 Å². The quantitative estimate of drug-likeness (QED) is 0.864. The summed E-state index contributed by atoms with van der Waals surface area (Å²) in [6.45, 7) is 1.75. The maximum Gasteiger partial charge on any atom is 0.146 e. The van der Waals surface area contributed by atoms with Crippen LogP contribution in [-0.2, 0) is 20.0 Å². The molecule has 2 aromatic heterocycles. The molecule has 0 aromatic carbocycles. The molecule has 1 aliphatic rings. The maximum atomic E-state index is 5.87. The number of rotatable bonds is 6. The molecule has 1 saturated carbocycles. The second kappa shape index (κ2) is 6.54. The normalized spacial score (nSPS) is 21.1. The highest BCUT2D eigenvalue weighted by Crippen LogP contribution is 2.34. The van der Waals surface area contributed by atoms with Crippen LogP contribution >= 0.6 is 0 Å². The predicted octanol–water partition coefficient (Wildman–Crippen LogP) is 1.09. The molecule has 6 heteroatoms. The van der Waals surface area contributed by atoms with Crippen LogP contribution in [0.3, 0.4) is 0 Å². The molecule has 0 aliphatic heterocycles. The zero-order chi connectivity index (χ0) is 15.5. The summed E-state index contributed by atoms with van der Waals surface area (Å²) in [5.74, 6) is 2.58. The van der Waals surface area contributed by atoms with Crippen LogP contribution in [0, 0.1) is 0 Å². The lowest BCUT2D eigenvalue weighted by atomic mass is 9.80. The molecule has 1 fully saturated rings. The first-order valence-electron chi connectivity index (χ1n) is 7.85. The fourth-order valence-corrected chi connectivity index (χ4v) is 2.91. The van der Waals surface area contributed by atoms with Crippen molar-refractivity contribution in [2.24, 2.45) is 12.8 Å². The van der Waals surface area contributed by atoms with Crippen LogP contribution in [0.25, 0.3) is 0 Å². The summed E-state index contributed by atoms with van der Waals surface area (Å²) in [5, 5.41) is 8.72. The highest BCUT2D eigenvalue weighted by atomic mass is 15.3. The van der Waals surface area contributed by atoms with Crippen molar-refractivity contribution in [3.8, 4) is 0 Å². The molecule has 0 spiro atoms. The molecule has 0 radical (unpaired) electrons. The van der Waals surface area contributed by atoms with E-state index in [0.717, 1.165) is 49.7 Å². The molecule has 2 aromatic rings. The average Bonchev–Trinajstić information content (AvgIpc) is 2.84. The predicted molar refractivity (Wildman–Crippen MR) is 85.2 cm³/mol. The molecule has 22 heavy (non-hydrogen) atoms. The Bertz CT molecular complexity index is 602. The van der Waals surface area contributed by atoms with Crippen molar-refractivity contribution in [1.29, 1.82) is 0 Å². The number of nitrogens with zero attached hydrogens (tertiary/aromatic N) is 5. The second-order valence-electron chi connectivity index (χ2n) is 6.27. The van der Waals surface area contributed by atoms with E-state index in [1.54, 1.807) is 0 Å². The van der Waals surface area contributed by atoms with E-state index < -0.39 is 0 Å². The largest absolute Gasteiger partial charge is 0.328 e. The van der Waals surface area contributed by atoms with Gasteiger partial charge < -0.3 is 10.3 Å². The van der Waals surface area contributed by atoms with Gasteiger partial charge in [0.1, 0.15) is 11.6 Å². The van der Waals surface area contributed by atoms with Crippen LogP contribution in [0.1, 0.15) is 36.1 Å². The Morgan fingerprint density at radius 3 is 2.82 bits per heavy atom. The lowest BCUT2D eigenvalue weighted by Crippen LogP contribution is -2.36. The Balaban J connectivity index is 1.54. The van der Waals surface area contributed by atoms with Gasteiger partial charge in [0.2, 0.25) is 0 Å². The van der Waals surface area contributed by atoms with Crippen molar-refractivity contribution in [2.75, 3.05) is 13.6 Å². The third-order valence-electron chi connectivity index (χ3n) is 4.43. The van der Waals surface area contributed by atoms with Gasteiger partial charge in [0, 0.05) is 43.9 Å². The zero-order valence-corrected chi connectivity index (χ0v) is 13.3. The standard InChI is InChI=1S/C16H24N6/c1-21(8-6-14-5-3-4-7-18-14)11-15-19-20-16(22(15)2)12-9-13(17)10-12/h3-5,7,12-13H,6,8-11,17H2,1-2H3. The van der Waals surface area contributed by atoms with Gasteiger partial charge in [-0.15, -0.1) is 10.2 Å². The average molecular weight is 300 g/mol. The van der Waals surface area contributed by atoms with E-state index in [1.165, 1.54) is 0 Å². The van der Waals surface area contributed by atoms with Gasteiger partial charge in [0.25, 0.3) is 0 Å². The van der Waals surface area contributed by atoms with Gasteiger partial charge in [-0.2, -0.15) is 0 Å². The Labute approximate surface area is 131 Å². The Kier molecular flexibility index (Phi) is 4.49. The van der Waals surface area contributed by atoms with Crippen molar-refractivity contribution < 1.29 is 0 Å². The molecule has 0 amide bonds. The minimum Gasteiger partial charge on any atom is -0.328 e.